The van der Waals surface area contributed by atoms with E-state index in [1.807, 2.05) is 30.3 Å². The molecular formula is C49H64N2O15. The van der Waals surface area contributed by atoms with E-state index in [4.69, 9.17) is 28.4 Å². The Hall–Kier alpha value is -4.56. The van der Waals surface area contributed by atoms with Crippen molar-refractivity contribution in [1.29, 1.82) is 0 Å². The molecule has 10 atom stereocenters. The number of nitrogens with one attached hydrogen (secondary N) is 1. The number of ether oxygens (including phenoxy) is 6. The van der Waals surface area contributed by atoms with Gasteiger partial charge in [-0.05, 0) is 82.2 Å². The highest BCUT2D eigenvalue weighted by atomic mass is 16.8. The van der Waals surface area contributed by atoms with Gasteiger partial charge in [-0.15, -0.1) is 0 Å². The molecule has 10 unspecified atom stereocenters. The standard InChI is InChI=1S/C49H64N2O15/c1-48(2,3)65-39(54)21-20-34(26-52)50-44(58)35(23-29-9-6-5-7-10-29)51(4)45(59)31-24-36(43-37(25-31)64-49(66-43,32-16-17-32)33-18-19-33)62-46(60)30-14-12-28(13-15-30)11-8-22-61-47-42(57)41(56)40(55)38(27-53)63-47/h5-15,25,32-38,40-43,47,52-53,55-57H,16-24,26-27H2,1-4H3,(H,50,58). The number of aliphatic hydroxyl groups excluding tert-OH is 5. The van der Waals surface area contributed by atoms with Gasteiger partial charge in [-0.3, -0.25) is 14.4 Å². The number of benzene rings is 2. The van der Waals surface area contributed by atoms with Crippen LogP contribution in [0.1, 0.15) is 87.2 Å². The zero-order valence-corrected chi connectivity index (χ0v) is 37.9. The van der Waals surface area contributed by atoms with Crippen LogP contribution < -0.4 is 5.32 Å². The van der Waals surface area contributed by atoms with Crippen molar-refractivity contribution >= 4 is 29.8 Å². The summed E-state index contributed by atoms with van der Waals surface area (Å²) < 4.78 is 36.1. The molecule has 2 amide bonds. The quantitative estimate of drug-likeness (QED) is 0.111. The van der Waals surface area contributed by atoms with Crippen molar-refractivity contribution in [3.63, 3.8) is 0 Å². The van der Waals surface area contributed by atoms with Crippen LogP contribution in [-0.4, -0.2) is 154 Å². The first-order valence-electron chi connectivity index (χ1n) is 22.9. The van der Waals surface area contributed by atoms with Crippen molar-refractivity contribution in [3.8, 4) is 0 Å². The van der Waals surface area contributed by atoms with Gasteiger partial charge in [-0.25, -0.2) is 4.79 Å². The number of aliphatic hydroxyl groups is 5. The van der Waals surface area contributed by atoms with Crippen LogP contribution in [0.25, 0.3) is 6.08 Å². The van der Waals surface area contributed by atoms with Gasteiger partial charge >= 0.3 is 11.9 Å². The molecule has 2 saturated heterocycles. The Morgan fingerprint density at radius 1 is 0.924 bits per heavy atom. The Balaban J connectivity index is 1.04. The molecule has 7 rings (SSSR count). The van der Waals surface area contributed by atoms with Gasteiger partial charge in [0.15, 0.2) is 12.1 Å². The van der Waals surface area contributed by atoms with Crippen molar-refractivity contribution < 1.29 is 73.1 Å². The Bertz CT molecular complexity index is 2050. The molecule has 0 bridgehead atoms. The van der Waals surface area contributed by atoms with E-state index in [2.05, 4.69) is 5.32 Å². The average molecular weight is 921 g/mol. The Morgan fingerprint density at radius 3 is 2.23 bits per heavy atom. The van der Waals surface area contributed by atoms with Crippen LogP contribution in [0.5, 0.6) is 0 Å². The van der Waals surface area contributed by atoms with E-state index >= 15 is 0 Å². The SMILES string of the molecule is CN(C(=O)C1=CC2OC(C3CC3)(C3CC3)OC2C(OC(=O)c2ccc(C=CCOC3OC(CO)C(O)C(O)C3O)cc2)C1)C(Cc1ccccc1)C(=O)NC(CO)CCC(=O)OC(C)(C)C. The molecule has 2 heterocycles. The Morgan fingerprint density at radius 2 is 1.61 bits per heavy atom. The topological polar surface area (TPSA) is 240 Å². The fourth-order valence-corrected chi connectivity index (χ4v) is 8.84. The van der Waals surface area contributed by atoms with Crippen LogP contribution in [0.3, 0.4) is 0 Å². The van der Waals surface area contributed by atoms with Crippen LogP contribution in [0.2, 0.25) is 0 Å². The fourth-order valence-electron chi connectivity index (χ4n) is 8.84. The lowest BCUT2D eigenvalue weighted by Gasteiger charge is -2.39. The molecule has 17 heteroatoms. The lowest BCUT2D eigenvalue weighted by Crippen LogP contribution is -2.59. The Kier molecular flexibility index (Phi) is 15.8. The van der Waals surface area contributed by atoms with Gasteiger partial charge in [0.25, 0.3) is 0 Å². The largest absolute Gasteiger partial charge is 0.460 e. The molecule has 2 aliphatic heterocycles. The van der Waals surface area contributed by atoms with E-state index in [0.29, 0.717) is 11.1 Å². The number of fused-ring (bicyclic) bond motifs is 1. The number of hydrogen-bond donors (Lipinski definition) is 6. The first kappa shape index (κ1) is 49.3. The molecule has 66 heavy (non-hydrogen) atoms. The van der Waals surface area contributed by atoms with Gasteiger partial charge < -0.3 is 64.2 Å². The van der Waals surface area contributed by atoms with Crippen molar-refractivity contribution in [2.45, 2.75) is 145 Å². The summed E-state index contributed by atoms with van der Waals surface area (Å²) in [6, 6.07) is 14.0. The van der Waals surface area contributed by atoms with Crippen molar-refractivity contribution in [2.75, 3.05) is 26.9 Å². The molecular weight excluding hydrogens is 857 g/mol. The van der Waals surface area contributed by atoms with E-state index in [1.165, 1.54) is 4.90 Å². The molecule has 0 aromatic heterocycles. The van der Waals surface area contributed by atoms with Crippen LogP contribution in [0.15, 0.2) is 72.3 Å². The van der Waals surface area contributed by atoms with Crippen LogP contribution >= 0.6 is 0 Å². The third kappa shape index (κ3) is 11.9. The maximum absolute atomic E-state index is 14.7. The number of amides is 2. The molecule has 360 valence electrons. The normalized spacial score (nSPS) is 28.2. The van der Waals surface area contributed by atoms with E-state index in [1.54, 1.807) is 70.3 Å². The molecule has 5 aliphatic rings. The molecule has 17 nitrogen and oxygen atoms in total. The second-order valence-corrected chi connectivity index (χ2v) is 19.0. The molecule has 0 radical (unpaired) electrons. The highest BCUT2D eigenvalue weighted by molar-refractivity contribution is 5.97. The summed E-state index contributed by atoms with van der Waals surface area (Å²) in [6.07, 6.45) is -0.109. The molecule has 4 fully saturated rings. The molecule has 2 saturated carbocycles. The van der Waals surface area contributed by atoms with Crippen LogP contribution in [0, 0.1) is 11.8 Å². The number of esters is 2. The lowest BCUT2D eigenvalue weighted by atomic mass is 9.90. The minimum Gasteiger partial charge on any atom is -0.460 e. The number of rotatable bonds is 19. The summed E-state index contributed by atoms with van der Waals surface area (Å²) >= 11 is 0. The monoisotopic (exact) mass is 920 g/mol. The van der Waals surface area contributed by atoms with Crippen molar-refractivity contribution in [1.82, 2.24) is 10.2 Å². The molecule has 3 aliphatic carbocycles. The molecule has 2 aromatic rings. The fraction of sp³-hybridized carbons (Fsp3) is 0.592. The van der Waals surface area contributed by atoms with Crippen LogP contribution in [-0.2, 0) is 49.2 Å². The maximum atomic E-state index is 14.7. The van der Waals surface area contributed by atoms with Gasteiger partial charge in [-0.2, -0.15) is 0 Å². The summed E-state index contributed by atoms with van der Waals surface area (Å²) in [5.74, 6) is -2.53. The summed E-state index contributed by atoms with van der Waals surface area (Å²) in [7, 11) is 1.54. The third-order valence-electron chi connectivity index (χ3n) is 12.7. The molecule has 0 spiro atoms. The number of likely N-dealkylation sites (N-methyl/N-ethyl adjacent to an activating group) is 1. The smallest absolute Gasteiger partial charge is 0.338 e. The zero-order chi connectivity index (χ0) is 47.3. The molecule has 2 aromatic carbocycles. The van der Waals surface area contributed by atoms with E-state index in [9.17, 15) is 44.7 Å². The summed E-state index contributed by atoms with van der Waals surface area (Å²) in [6.45, 7) is 4.23. The van der Waals surface area contributed by atoms with Gasteiger partial charge in [0.05, 0.1) is 31.4 Å². The summed E-state index contributed by atoms with van der Waals surface area (Å²) in [4.78, 5) is 56.5. The second kappa shape index (κ2) is 21.2. The first-order chi connectivity index (χ1) is 31.5. The average Bonchev–Trinajstić information content (AvgIpc) is 4.25. The summed E-state index contributed by atoms with van der Waals surface area (Å²) in [5.41, 5.74) is 1.36. The first-order valence-corrected chi connectivity index (χ1v) is 22.9. The second-order valence-electron chi connectivity index (χ2n) is 19.0. The minimum atomic E-state index is -1.56. The van der Waals surface area contributed by atoms with Crippen molar-refractivity contribution in [2.24, 2.45) is 11.8 Å². The van der Waals surface area contributed by atoms with Gasteiger partial charge in [0.1, 0.15) is 54.4 Å². The minimum absolute atomic E-state index is 0.00501. The number of nitrogens with zero attached hydrogens (tertiary/aromatic N) is 1. The third-order valence-corrected chi connectivity index (χ3v) is 12.7. The Labute approximate surface area is 384 Å². The van der Waals surface area contributed by atoms with E-state index in [0.717, 1.165) is 31.2 Å². The van der Waals surface area contributed by atoms with Crippen molar-refractivity contribution in [3.05, 3.63) is 89.0 Å². The van der Waals surface area contributed by atoms with Gasteiger partial charge in [0.2, 0.25) is 11.8 Å². The maximum Gasteiger partial charge on any atom is 0.338 e. The highest BCUT2D eigenvalue weighted by Crippen LogP contribution is 2.59. The summed E-state index contributed by atoms with van der Waals surface area (Å²) in [5, 5.41) is 52.7. The van der Waals surface area contributed by atoms with E-state index < -0.39 is 109 Å². The number of carbonyl (C=O) groups is 4. The number of hydrogen-bond acceptors (Lipinski definition) is 15. The van der Waals surface area contributed by atoms with E-state index in [-0.39, 0.29) is 49.7 Å². The van der Waals surface area contributed by atoms with Crippen LogP contribution in [0.4, 0.5) is 0 Å². The van der Waals surface area contributed by atoms with Gasteiger partial charge in [0, 0.05) is 43.7 Å². The zero-order valence-electron chi connectivity index (χ0n) is 37.9. The van der Waals surface area contributed by atoms with Gasteiger partial charge in [-0.1, -0.05) is 54.6 Å². The highest BCUT2D eigenvalue weighted by Gasteiger charge is 2.64. The lowest BCUT2D eigenvalue weighted by molar-refractivity contribution is -0.298. The number of carbonyl (C=O) groups excluding carboxylic acids is 4. The predicted molar refractivity (Wildman–Crippen MR) is 236 cm³/mol. The molecule has 6 N–H and O–H groups in total. The predicted octanol–water partition coefficient (Wildman–Crippen LogP) is 2.34.